The van der Waals surface area contributed by atoms with Crippen molar-refractivity contribution in [2.45, 2.75) is 84.7 Å². The third kappa shape index (κ3) is 13.5. The molecule has 9 heteroatoms. The molecule has 0 aromatic heterocycles. The van der Waals surface area contributed by atoms with Crippen LogP contribution in [-0.4, -0.2) is 41.9 Å². The van der Waals surface area contributed by atoms with Crippen LogP contribution in [-0.2, 0) is 25.6 Å². The standard InChI is InChI=1S/C23H37N3O6/c1-22(2,3)31-20(28)24-15-11-10-14-18(25-26-21(29)32-23(4,5)6)19(27)30-16-17-12-8-7-9-13-17/h7-9,12-13,18,25H,10-11,14-16H2,1-6H3,(H,24,28)(H,26,29)/t18-/m0/s1. The minimum Gasteiger partial charge on any atom is -0.460 e. The Bertz CT molecular complexity index is 725. The third-order valence-electron chi connectivity index (χ3n) is 3.84. The van der Waals surface area contributed by atoms with E-state index < -0.39 is 35.4 Å². The van der Waals surface area contributed by atoms with E-state index >= 15 is 0 Å². The first-order valence-corrected chi connectivity index (χ1v) is 10.8. The van der Waals surface area contributed by atoms with Crippen LogP contribution in [0.25, 0.3) is 0 Å². The number of ether oxygens (including phenoxy) is 3. The van der Waals surface area contributed by atoms with Gasteiger partial charge in [0.25, 0.3) is 0 Å². The third-order valence-corrected chi connectivity index (χ3v) is 3.84. The number of amides is 2. The number of carbonyl (C=O) groups excluding carboxylic acids is 3. The van der Waals surface area contributed by atoms with Crippen LogP contribution in [0.15, 0.2) is 30.3 Å². The van der Waals surface area contributed by atoms with Crippen LogP contribution < -0.4 is 16.2 Å². The molecule has 0 bridgehead atoms. The maximum Gasteiger partial charge on any atom is 0.422 e. The summed E-state index contributed by atoms with van der Waals surface area (Å²) in [6.07, 6.45) is 0.435. The maximum absolute atomic E-state index is 12.6. The van der Waals surface area contributed by atoms with Gasteiger partial charge in [-0.15, -0.1) is 0 Å². The van der Waals surface area contributed by atoms with Crippen molar-refractivity contribution < 1.29 is 28.6 Å². The molecule has 1 rings (SSSR count). The lowest BCUT2D eigenvalue weighted by Crippen LogP contribution is -2.50. The quantitative estimate of drug-likeness (QED) is 0.214. The van der Waals surface area contributed by atoms with Gasteiger partial charge in [0.15, 0.2) is 0 Å². The summed E-state index contributed by atoms with van der Waals surface area (Å²) in [5.74, 6) is -0.495. The van der Waals surface area contributed by atoms with Gasteiger partial charge >= 0.3 is 18.2 Å². The maximum atomic E-state index is 12.6. The smallest absolute Gasteiger partial charge is 0.422 e. The van der Waals surface area contributed by atoms with Gasteiger partial charge in [0.1, 0.15) is 23.9 Å². The number of carbonyl (C=O) groups is 3. The zero-order valence-electron chi connectivity index (χ0n) is 19.9. The minimum absolute atomic E-state index is 0.129. The van der Waals surface area contributed by atoms with Crippen molar-refractivity contribution in [2.75, 3.05) is 6.54 Å². The fourth-order valence-electron chi connectivity index (χ4n) is 2.51. The second kappa shape index (κ2) is 12.9. The van der Waals surface area contributed by atoms with Crippen molar-refractivity contribution in [1.82, 2.24) is 16.2 Å². The van der Waals surface area contributed by atoms with Gasteiger partial charge < -0.3 is 19.5 Å². The van der Waals surface area contributed by atoms with E-state index in [0.29, 0.717) is 25.8 Å². The first kappa shape index (κ1) is 27.2. The molecule has 1 aromatic rings. The lowest BCUT2D eigenvalue weighted by atomic mass is 10.1. The van der Waals surface area contributed by atoms with Crippen LogP contribution >= 0.6 is 0 Å². The highest BCUT2D eigenvalue weighted by Gasteiger charge is 2.23. The molecule has 0 aliphatic carbocycles. The average molecular weight is 452 g/mol. The van der Waals surface area contributed by atoms with Crippen molar-refractivity contribution in [3.8, 4) is 0 Å². The van der Waals surface area contributed by atoms with E-state index in [9.17, 15) is 14.4 Å². The first-order valence-electron chi connectivity index (χ1n) is 10.8. The number of hydrogen-bond donors (Lipinski definition) is 3. The molecule has 32 heavy (non-hydrogen) atoms. The van der Waals surface area contributed by atoms with Crippen molar-refractivity contribution in [3.63, 3.8) is 0 Å². The average Bonchev–Trinajstić information content (AvgIpc) is 2.66. The Morgan fingerprint density at radius 2 is 1.47 bits per heavy atom. The van der Waals surface area contributed by atoms with Gasteiger partial charge in [-0.2, -0.15) is 0 Å². The fourth-order valence-corrected chi connectivity index (χ4v) is 2.51. The molecule has 2 amide bonds. The molecule has 0 unspecified atom stereocenters. The summed E-state index contributed by atoms with van der Waals surface area (Å²) in [5, 5.41) is 2.68. The molecule has 0 aliphatic heterocycles. The molecule has 3 N–H and O–H groups in total. The highest BCUT2D eigenvalue weighted by atomic mass is 16.6. The van der Waals surface area contributed by atoms with Crippen molar-refractivity contribution in [1.29, 1.82) is 0 Å². The molecule has 0 radical (unpaired) electrons. The lowest BCUT2D eigenvalue weighted by molar-refractivity contribution is -0.148. The fraction of sp³-hybridized carbons (Fsp3) is 0.609. The van der Waals surface area contributed by atoms with Crippen LogP contribution in [0, 0.1) is 0 Å². The Morgan fingerprint density at radius 1 is 0.875 bits per heavy atom. The van der Waals surface area contributed by atoms with Crippen LogP contribution in [0.3, 0.4) is 0 Å². The summed E-state index contributed by atoms with van der Waals surface area (Å²) in [7, 11) is 0. The Labute approximate surface area is 190 Å². The van der Waals surface area contributed by atoms with E-state index in [0.717, 1.165) is 5.56 Å². The zero-order valence-corrected chi connectivity index (χ0v) is 19.9. The highest BCUT2D eigenvalue weighted by molar-refractivity contribution is 5.76. The van der Waals surface area contributed by atoms with Crippen molar-refractivity contribution in [2.24, 2.45) is 0 Å². The minimum atomic E-state index is -0.771. The second-order valence-corrected chi connectivity index (χ2v) is 9.34. The van der Waals surface area contributed by atoms with Crippen molar-refractivity contribution >= 4 is 18.2 Å². The molecule has 0 heterocycles. The second-order valence-electron chi connectivity index (χ2n) is 9.34. The topological polar surface area (TPSA) is 115 Å². The predicted molar refractivity (Wildman–Crippen MR) is 121 cm³/mol. The molecule has 1 aromatic carbocycles. The molecule has 9 nitrogen and oxygen atoms in total. The van der Waals surface area contributed by atoms with Crippen LogP contribution in [0.2, 0.25) is 0 Å². The zero-order chi connectivity index (χ0) is 24.2. The van der Waals surface area contributed by atoms with Gasteiger partial charge in [-0.05, 0) is 66.4 Å². The summed E-state index contributed by atoms with van der Waals surface area (Å²) in [5.41, 5.74) is 4.74. The molecule has 0 saturated carbocycles. The SMILES string of the molecule is CC(C)(C)OC(=O)NCCCC[C@H](NNC(=O)OC(C)(C)C)C(=O)OCc1ccccc1. The van der Waals surface area contributed by atoms with Crippen LogP contribution in [0.4, 0.5) is 9.59 Å². The number of alkyl carbamates (subject to hydrolysis) is 1. The van der Waals surface area contributed by atoms with E-state index in [1.165, 1.54) is 0 Å². The van der Waals surface area contributed by atoms with E-state index in [4.69, 9.17) is 14.2 Å². The Morgan fingerprint density at radius 3 is 2.06 bits per heavy atom. The molecule has 180 valence electrons. The van der Waals surface area contributed by atoms with E-state index in [1.54, 1.807) is 41.5 Å². The Kier molecular flexibility index (Phi) is 11.0. The number of benzene rings is 1. The number of nitrogens with one attached hydrogen (secondary N) is 3. The molecule has 0 fully saturated rings. The normalized spacial score (nSPS) is 12.4. The number of rotatable bonds is 10. The summed E-state index contributed by atoms with van der Waals surface area (Å²) in [4.78, 5) is 36.2. The Balaban J connectivity index is 2.52. The van der Waals surface area contributed by atoms with Crippen LogP contribution in [0.1, 0.15) is 66.4 Å². The lowest BCUT2D eigenvalue weighted by Gasteiger charge is -2.22. The Hall–Kier alpha value is -2.81. The van der Waals surface area contributed by atoms with E-state index in [2.05, 4.69) is 16.2 Å². The van der Waals surface area contributed by atoms with Gasteiger partial charge in [-0.25, -0.2) is 15.0 Å². The molecular formula is C23H37N3O6. The molecule has 0 saturated heterocycles. The van der Waals surface area contributed by atoms with Gasteiger partial charge in [-0.3, -0.25) is 10.2 Å². The highest BCUT2D eigenvalue weighted by Crippen LogP contribution is 2.09. The number of hydrazine groups is 1. The van der Waals surface area contributed by atoms with E-state index in [-0.39, 0.29) is 6.61 Å². The summed E-state index contributed by atoms with van der Waals surface area (Å²) >= 11 is 0. The van der Waals surface area contributed by atoms with Gasteiger partial charge in [0.05, 0.1) is 0 Å². The largest absolute Gasteiger partial charge is 0.460 e. The number of esters is 1. The van der Waals surface area contributed by atoms with Gasteiger partial charge in [0.2, 0.25) is 0 Å². The van der Waals surface area contributed by atoms with E-state index in [1.807, 2.05) is 30.3 Å². The van der Waals surface area contributed by atoms with Crippen LogP contribution in [0.5, 0.6) is 0 Å². The first-order chi connectivity index (χ1) is 14.9. The molecule has 0 spiro atoms. The molecular weight excluding hydrogens is 414 g/mol. The van der Waals surface area contributed by atoms with Crippen molar-refractivity contribution in [3.05, 3.63) is 35.9 Å². The molecule has 0 aliphatic rings. The van der Waals surface area contributed by atoms with Gasteiger partial charge in [0, 0.05) is 6.54 Å². The molecule has 1 atom stereocenters. The monoisotopic (exact) mass is 451 g/mol. The number of hydrogen-bond acceptors (Lipinski definition) is 7. The summed E-state index contributed by atoms with van der Waals surface area (Å²) < 4.78 is 15.8. The predicted octanol–water partition coefficient (Wildman–Crippen LogP) is 3.82. The van der Waals surface area contributed by atoms with Gasteiger partial charge in [-0.1, -0.05) is 30.3 Å². The summed E-state index contributed by atoms with van der Waals surface area (Å²) in [6.45, 7) is 11.1. The number of unbranched alkanes of at least 4 members (excludes halogenated alkanes) is 1. The summed E-state index contributed by atoms with van der Waals surface area (Å²) in [6, 6.07) is 8.55.